The van der Waals surface area contributed by atoms with Gasteiger partial charge in [0.1, 0.15) is 0 Å². The van der Waals surface area contributed by atoms with E-state index < -0.39 is 0 Å². The molecule has 6 heteroatoms. The molecule has 0 radical (unpaired) electrons. The Hall–Kier alpha value is -1.85. The number of carbonyl (C=O) groups excluding carboxylic acids is 1. The lowest BCUT2D eigenvalue weighted by Crippen LogP contribution is -2.07. The Kier molecular flexibility index (Phi) is 6.19. The number of rotatable bonds is 5. The van der Waals surface area contributed by atoms with Crippen molar-refractivity contribution >= 4 is 35.4 Å². The molecule has 0 saturated carbocycles. The molecule has 23 heavy (non-hydrogen) atoms. The van der Waals surface area contributed by atoms with Crippen molar-refractivity contribution < 1.29 is 9.53 Å². The van der Waals surface area contributed by atoms with E-state index in [-0.39, 0.29) is 5.97 Å². The molecular formula is C17H17ClN2O2S. The van der Waals surface area contributed by atoms with E-state index in [9.17, 15) is 4.79 Å². The summed E-state index contributed by atoms with van der Waals surface area (Å²) in [6, 6.07) is 9.17. The van der Waals surface area contributed by atoms with Crippen LogP contribution in [0.15, 0.2) is 41.1 Å². The van der Waals surface area contributed by atoms with Crippen LogP contribution < -0.4 is 0 Å². The van der Waals surface area contributed by atoms with Crippen LogP contribution in [-0.2, 0) is 9.53 Å². The number of methoxy groups -OCH3 is 1. The second-order valence-corrected chi connectivity index (χ2v) is 6.31. The third-order valence-electron chi connectivity index (χ3n) is 2.98. The first-order valence-corrected chi connectivity index (χ1v) is 8.34. The molecule has 4 nitrogen and oxygen atoms in total. The number of aromatic nitrogens is 2. The molecule has 1 heterocycles. The number of esters is 1. The Morgan fingerprint density at radius 1 is 1.22 bits per heavy atom. The number of aryl methyl sites for hydroxylation is 2. The van der Waals surface area contributed by atoms with E-state index in [0.717, 1.165) is 17.0 Å². The van der Waals surface area contributed by atoms with Gasteiger partial charge in [-0.2, -0.15) is 0 Å². The average molecular weight is 349 g/mol. The number of nitrogens with zero attached hydrogens (tertiary/aromatic N) is 2. The summed E-state index contributed by atoms with van der Waals surface area (Å²) in [7, 11) is 1.37. The summed E-state index contributed by atoms with van der Waals surface area (Å²) in [4.78, 5) is 20.7. The van der Waals surface area contributed by atoms with Crippen LogP contribution in [0.25, 0.3) is 6.08 Å². The highest BCUT2D eigenvalue weighted by molar-refractivity contribution is 7.99. The Labute approximate surface area is 144 Å². The number of ether oxygens (including phenoxy) is 1. The van der Waals surface area contributed by atoms with Crippen LogP contribution in [0, 0.1) is 13.8 Å². The predicted octanol–water partition coefficient (Wildman–Crippen LogP) is 4.10. The van der Waals surface area contributed by atoms with Crippen molar-refractivity contribution in [2.24, 2.45) is 0 Å². The van der Waals surface area contributed by atoms with Gasteiger partial charge >= 0.3 is 5.97 Å². The first kappa shape index (κ1) is 17.5. The van der Waals surface area contributed by atoms with Crippen LogP contribution >= 0.6 is 23.4 Å². The maximum atomic E-state index is 12.0. The largest absolute Gasteiger partial charge is 0.466 e. The van der Waals surface area contributed by atoms with Gasteiger partial charge in [-0.15, -0.1) is 0 Å². The molecule has 1 aromatic carbocycles. The molecule has 0 unspecified atom stereocenters. The minimum Gasteiger partial charge on any atom is -0.466 e. The zero-order chi connectivity index (χ0) is 16.8. The summed E-state index contributed by atoms with van der Waals surface area (Å²) in [5.41, 5.74) is 3.24. The van der Waals surface area contributed by atoms with Gasteiger partial charge in [0.2, 0.25) is 0 Å². The van der Waals surface area contributed by atoms with Gasteiger partial charge in [-0.3, -0.25) is 0 Å². The van der Waals surface area contributed by atoms with Gasteiger partial charge in [-0.05, 0) is 43.7 Å². The van der Waals surface area contributed by atoms with Crippen LogP contribution in [0.5, 0.6) is 0 Å². The predicted molar refractivity (Wildman–Crippen MR) is 93.7 cm³/mol. The van der Waals surface area contributed by atoms with Gasteiger partial charge in [0, 0.05) is 27.7 Å². The molecule has 0 saturated heterocycles. The third-order valence-corrected chi connectivity index (χ3v) is 4.13. The first-order valence-electron chi connectivity index (χ1n) is 6.97. The Balaban J connectivity index is 2.18. The van der Waals surface area contributed by atoms with E-state index >= 15 is 0 Å². The smallest absolute Gasteiger partial charge is 0.334 e. The number of benzene rings is 1. The van der Waals surface area contributed by atoms with E-state index in [1.165, 1.54) is 18.9 Å². The van der Waals surface area contributed by atoms with Gasteiger partial charge < -0.3 is 4.74 Å². The fourth-order valence-electron chi connectivity index (χ4n) is 1.95. The average Bonchev–Trinajstić information content (AvgIpc) is 2.51. The molecule has 2 rings (SSSR count). The summed E-state index contributed by atoms with van der Waals surface area (Å²) in [6.45, 7) is 3.84. The maximum absolute atomic E-state index is 12.0. The zero-order valence-electron chi connectivity index (χ0n) is 13.2. The summed E-state index contributed by atoms with van der Waals surface area (Å²) >= 11 is 7.28. The SMILES string of the molecule is COC(=O)/C(=C/c1ccc(Cl)cc1)CSc1nc(C)cc(C)n1. The topological polar surface area (TPSA) is 52.1 Å². The van der Waals surface area contributed by atoms with Crippen molar-refractivity contribution in [2.75, 3.05) is 12.9 Å². The lowest BCUT2D eigenvalue weighted by Gasteiger charge is -2.06. The summed E-state index contributed by atoms with van der Waals surface area (Å²) < 4.78 is 4.86. The van der Waals surface area contributed by atoms with E-state index in [1.807, 2.05) is 32.0 Å². The molecule has 1 aromatic heterocycles. The van der Waals surface area contributed by atoms with Crippen LogP contribution in [0.3, 0.4) is 0 Å². The third kappa shape index (κ3) is 5.37. The second kappa shape index (κ2) is 8.13. The van der Waals surface area contributed by atoms with Crippen molar-refractivity contribution in [1.82, 2.24) is 9.97 Å². The zero-order valence-corrected chi connectivity index (χ0v) is 14.7. The van der Waals surface area contributed by atoms with E-state index in [4.69, 9.17) is 16.3 Å². The number of hydrogen-bond donors (Lipinski definition) is 0. The van der Waals surface area contributed by atoms with Crippen LogP contribution in [0.4, 0.5) is 0 Å². The number of hydrogen-bond acceptors (Lipinski definition) is 5. The molecule has 0 atom stereocenters. The van der Waals surface area contributed by atoms with Gasteiger partial charge in [0.25, 0.3) is 0 Å². The Morgan fingerprint density at radius 3 is 2.39 bits per heavy atom. The van der Waals surface area contributed by atoms with Gasteiger partial charge in [0.05, 0.1) is 7.11 Å². The number of thioether (sulfide) groups is 1. The molecule has 0 aliphatic heterocycles. The quantitative estimate of drug-likeness (QED) is 0.352. The monoisotopic (exact) mass is 348 g/mol. The Morgan fingerprint density at radius 2 is 1.83 bits per heavy atom. The fourth-order valence-corrected chi connectivity index (χ4v) is 2.98. The molecular weight excluding hydrogens is 332 g/mol. The molecule has 120 valence electrons. The molecule has 0 N–H and O–H groups in total. The molecule has 0 spiro atoms. The van der Waals surface area contributed by atoms with Gasteiger partial charge in [-0.25, -0.2) is 14.8 Å². The van der Waals surface area contributed by atoms with Gasteiger partial charge in [-0.1, -0.05) is 35.5 Å². The Bertz CT molecular complexity index is 710. The second-order valence-electron chi connectivity index (χ2n) is 4.93. The van der Waals surface area contributed by atoms with E-state index in [2.05, 4.69) is 9.97 Å². The molecule has 2 aromatic rings. The van der Waals surface area contributed by atoms with Crippen molar-refractivity contribution in [3.05, 3.63) is 57.9 Å². The normalized spacial score (nSPS) is 11.4. The van der Waals surface area contributed by atoms with Crippen molar-refractivity contribution in [3.8, 4) is 0 Å². The standard InChI is InChI=1S/C17H17ClN2O2S/c1-11-8-12(2)20-17(19-11)23-10-14(16(21)22-3)9-13-4-6-15(18)7-5-13/h4-9H,10H2,1-3H3/b14-9+. The number of carbonyl (C=O) groups is 1. The van der Waals surface area contributed by atoms with E-state index in [1.54, 1.807) is 18.2 Å². The highest BCUT2D eigenvalue weighted by Crippen LogP contribution is 2.20. The minimum absolute atomic E-state index is 0.364. The van der Waals surface area contributed by atoms with Crippen molar-refractivity contribution in [1.29, 1.82) is 0 Å². The minimum atomic E-state index is -0.364. The maximum Gasteiger partial charge on any atom is 0.334 e. The summed E-state index contributed by atoms with van der Waals surface area (Å²) in [5, 5.41) is 1.30. The molecule has 0 aliphatic rings. The number of halogens is 1. The summed E-state index contributed by atoms with van der Waals surface area (Å²) in [5.74, 6) is 0.0647. The van der Waals surface area contributed by atoms with Crippen LogP contribution in [-0.4, -0.2) is 28.8 Å². The molecule has 0 amide bonds. The van der Waals surface area contributed by atoms with Crippen molar-refractivity contribution in [3.63, 3.8) is 0 Å². The van der Waals surface area contributed by atoms with E-state index in [0.29, 0.717) is 21.5 Å². The fraction of sp³-hybridized carbons (Fsp3) is 0.235. The molecule has 0 bridgehead atoms. The van der Waals surface area contributed by atoms with Crippen molar-refractivity contribution in [2.45, 2.75) is 19.0 Å². The van der Waals surface area contributed by atoms with Crippen LogP contribution in [0.2, 0.25) is 5.02 Å². The first-order chi connectivity index (χ1) is 11.0. The highest BCUT2D eigenvalue weighted by Gasteiger charge is 2.12. The molecule has 0 aliphatic carbocycles. The summed E-state index contributed by atoms with van der Waals surface area (Å²) in [6.07, 6.45) is 1.79. The lowest BCUT2D eigenvalue weighted by molar-refractivity contribution is -0.135. The molecule has 0 fully saturated rings. The van der Waals surface area contributed by atoms with Crippen LogP contribution in [0.1, 0.15) is 17.0 Å². The van der Waals surface area contributed by atoms with Gasteiger partial charge in [0.15, 0.2) is 5.16 Å². The highest BCUT2D eigenvalue weighted by atomic mass is 35.5. The lowest BCUT2D eigenvalue weighted by atomic mass is 10.1.